The molecule has 0 bridgehead atoms. The Bertz CT molecular complexity index is 973. The van der Waals surface area contributed by atoms with Crippen LogP contribution < -0.4 is 0 Å². The van der Waals surface area contributed by atoms with Crippen molar-refractivity contribution in [1.82, 2.24) is 4.90 Å². The van der Waals surface area contributed by atoms with E-state index in [1.807, 2.05) is 4.90 Å². The molecular formula is C23H22F7NO3. The first-order valence-electron chi connectivity index (χ1n) is 10.4. The zero-order valence-corrected chi connectivity index (χ0v) is 17.7. The lowest BCUT2D eigenvalue weighted by Gasteiger charge is -2.35. The van der Waals surface area contributed by atoms with Gasteiger partial charge in [0.1, 0.15) is 5.82 Å². The van der Waals surface area contributed by atoms with Gasteiger partial charge in [0, 0.05) is 18.5 Å². The van der Waals surface area contributed by atoms with Gasteiger partial charge in [-0.15, -0.1) is 0 Å². The molecule has 2 saturated heterocycles. The molecule has 4 rings (SSSR count). The average Bonchev–Trinajstić information content (AvgIpc) is 3.17. The van der Waals surface area contributed by atoms with E-state index in [-0.39, 0.29) is 36.2 Å². The molecule has 0 spiro atoms. The summed E-state index contributed by atoms with van der Waals surface area (Å²) < 4.78 is 86.3. The first-order chi connectivity index (χ1) is 15.8. The molecule has 2 N–H and O–H groups in total. The Kier molecular flexibility index (Phi) is 7.56. The highest BCUT2D eigenvalue weighted by molar-refractivity contribution is 5.78. The number of carbonyl (C=O) groups is 1. The smallest absolute Gasteiger partial charge is 0.393 e. The van der Waals surface area contributed by atoms with Crippen LogP contribution in [0, 0.1) is 5.82 Å². The number of rotatable bonds is 2. The average molecular weight is 493 g/mol. The summed E-state index contributed by atoms with van der Waals surface area (Å²) in [5, 5.41) is 18.3. The number of aliphatic hydroxyl groups excluding tert-OH is 2. The van der Waals surface area contributed by atoms with Crippen LogP contribution in [-0.4, -0.2) is 39.7 Å². The van der Waals surface area contributed by atoms with Crippen molar-refractivity contribution in [3.05, 3.63) is 70.5 Å². The van der Waals surface area contributed by atoms with E-state index in [4.69, 9.17) is 5.11 Å². The van der Waals surface area contributed by atoms with Gasteiger partial charge in [-0.3, -0.25) is 4.79 Å². The lowest BCUT2D eigenvalue weighted by Crippen LogP contribution is -2.45. The summed E-state index contributed by atoms with van der Waals surface area (Å²) in [6.45, 7) is -0.134. The molecule has 2 aliphatic heterocycles. The Hall–Kier alpha value is -2.66. The van der Waals surface area contributed by atoms with Crippen LogP contribution in [0.1, 0.15) is 47.4 Å². The van der Waals surface area contributed by atoms with Crippen molar-refractivity contribution in [3.8, 4) is 0 Å². The maximum atomic E-state index is 12.9. The third-order valence-corrected chi connectivity index (χ3v) is 5.92. The predicted octanol–water partition coefficient (Wildman–Crippen LogP) is 4.88. The van der Waals surface area contributed by atoms with Crippen LogP contribution in [0.15, 0.2) is 42.5 Å². The van der Waals surface area contributed by atoms with Gasteiger partial charge < -0.3 is 15.1 Å². The van der Waals surface area contributed by atoms with E-state index in [0.29, 0.717) is 18.6 Å². The summed E-state index contributed by atoms with van der Waals surface area (Å²) in [5.41, 5.74) is -2.22. The molecule has 2 aromatic rings. The van der Waals surface area contributed by atoms with E-state index in [2.05, 4.69) is 0 Å². The number of piperidine rings is 1. The standard InChI is InChI=1S/C14H16FNO2.C9H6F6O/c15-10-3-1-9(2-4-10)12-5-6-16-13(12)7-11(17)8-14(16)18;10-8(11,12)6-1-5(4-16)2-7(3-6)9(13,14)15/h1-4,11-13,17H,5-8H2;1-3,16H,4H2. The minimum absolute atomic E-state index is 0.0131. The Labute approximate surface area is 190 Å². The van der Waals surface area contributed by atoms with Crippen LogP contribution in [0.4, 0.5) is 30.7 Å². The van der Waals surface area contributed by atoms with Crippen molar-refractivity contribution in [2.24, 2.45) is 0 Å². The number of carbonyl (C=O) groups excluding carboxylic acids is 1. The van der Waals surface area contributed by atoms with Crippen LogP contribution in [0.5, 0.6) is 0 Å². The lowest BCUT2D eigenvalue weighted by molar-refractivity contribution is -0.143. The third kappa shape index (κ3) is 6.06. The van der Waals surface area contributed by atoms with Gasteiger partial charge in [0.25, 0.3) is 0 Å². The Morgan fingerprint density at radius 3 is 2.00 bits per heavy atom. The third-order valence-electron chi connectivity index (χ3n) is 5.92. The highest BCUT2D eigenvalue weighted by atomic mass is 19.4. The number of hydrogen-bond donors (Lipinski definition) is 2. The van der Waals surface area contributed by atoms with Crippen molar-refractivity contribution in [1.29, 1.82) is 0 Å². The number of fused-ring (bicyclic) bond motifs is 1. The number of amides is 1. The molecule has 3 unspecified atom stereocenters. The maximum Gasteiger partial charge on any atom is 0.416 e. The van der Waals surface area contributed by atoms with E-state index < -0.39 is 41.8 Å². The largest absolute Gasteiger partial charge is 0.416 e. The molecule has 2 fully saturated rings. The molecule has 0 radical (unpaired) electrons. The van der Waals surface area contributed by atoms with Gasteiger partial charge in [0.05, 0.1) is 30.3 Å². The number of alkyl halides is 6. The van der Waals surface area contributed by atoms with Gasteiger partial charge in [0.2, 0.25) is 5.91 Å². The van der Waals surface area contributed by atoms with Crippen LogP contribution in [0.3, 0.4) is 0 Å². The quantitative estimate of drug-likeness (QED) is 0.587. The fraction of sp³-hybridized carbons (Fsp3) is 0.435. The fourth-order valence-electron chi connectivity index (χ4n) is 4.35. The van der Waals surface area contributed by atoms with E-state index >= 15 is 0 Å². The number of benzene rings is 2. The molecule has 0 aromatic heterocycles. The van der Waals surface area contributed by atoms with Crippen LogP contribution in [-0.2, 0) is 23.8 Å². The molecule has 34 heavy (non-hydrogen) atoms. The van der Waals surface area contributed by atoms with Gasteiger partial charge in [-0.05, 0) is 54.3 Å². The molecule has 0 aliphatic carbocycles. The van der Waals surface area contributed by atoms with E-state index in [1.54, 1.807) is 12.1 Å². The summed E-state index contributed by atoms with van der Waals surface area (Å²) in [4.78, 5) is 13.7. The molecule has 1 amide bonds. The molecule has 2 aliphatic rings. The summed E-state index contributed by atoms with van der Waals surface area (Å²) in [6.07, 6.45) is -8.49. The molecule has 2 heterocycles. The molecule has 186 valence electrons. The summed E-state index contributed by atoms with van der Waals surface area (Å²) in [6, 6.07) is 7.54. The first-order valence-corrected chi connectivity index (χ1v) is 10.4. The SMILES string of the molecule is O=C1CC(O)CC2C(c3ccc(F)cc3)CCN12.OCc1cc(C(F)(F)F)cc(C(F)(F)F)c1. The van der Waals surface area contributed by atoms with Crippen molar-refractivity contribution in [2.45, 2.75) is 56.3 Å². The zero-order chi connectivity index (χ0) is 25.3. The number of halogens is 7. The van der Waals surface area contributed by atoms with Gasteiger partial charge in [-0.1, -0.05) is 12.1 Å². The molecular weight excluding hydrogens is 471 g/mol. The number of aliphatic hydroxyl groups is 2. The van der Waals surface area contributed by atoms with Gasteiger partial charge >= 0.3 is 12.4 Å². The zero-order valence-electron chi connectivity index (χ0n) is 17.7. The van der Waals surface area contributed by atoms with E-state index in [9.17, 15) is 40.6 Å². The minimum Gasteiger partial charge on any atom is -0.393 e. The van der Waals surface area contributed by atoms with Gasteiger partial charge in [0.15, 0.2) is 0 Å². The normalized spacial score (nSPS) is 22.8. The second-order valence-corrected chi connectivity index (χ2v) is 8.27. The van der Waals surface area contributed by atoms with Crippen molar-refractivity contribution in [3.63, 3.8) is 0 Å². The van der Waals surface area contributed by atoms with Crippen molar-refractivity contribution in [2.75, 3.05) is 6.54 Å². The maximum absolute atomic E-state index is 12.9. The minimum atomic E-state index is -4.87. The van der Waals surface area contributed by atoms with Crippen molar-refractivity contribution < 1.29 is 45.7 Å². The highest BCUT2D eigenvalue weighted by Crippen LogP contribution is 2.39. The second-order valence-electron chi connectivity index (χ2n) is 8.27. The Morgan fingerprint density at radius 2 is 1.50 bits per heavy atom. The van der Waals surface area contributed by atoms with Crippen LogP contribution in [0.25, 0.3) is 0 Å². The molecule has 3 atom stereocenters. The Morgan fingerprint density at radius 1 is 0.941 bits per heavy atom. The van der Waals surface area contributed by atoms with Gasteiger partial charge in [-0.2, -0.15) is 26.3 Å². The Balaban J connectivity index is 0.000000192. The monoisotopic (exact) mass is 493 g/mol. The summed E-state index contributed by atoms with van der Waals surface area (Å²) in [5.74, 6) is 0.0289. The molecule has 4 nitrogen and oxygen atoms in total. The molecule has 2 aromatic carbocycles. The predicted molar refractivity (Wildman–Crippen MR) is 107 cm³/mol. The topological polar surface area (TPSA) is 60.8 Å². The highest BCUT2D eigenvalue weighted by Gasteiger charge is 2.42. The van der Waals surface area contributed by atoms with E-state index in [1.165, 1.54) is 12.1 Å². The summed E-state index contributed by atoms with van der Waals surface area (Å²) in [7, 11) is 0. The van der Waals surface area contributed by atoms with Crippen LogP contribution in [0.2, 0.25) is 0 Å². The van der Waals surface area contributed by atoms with Crippen molar-refractivity contribution >= 4 is 5.91 Å². The van der Waals surface area contributed by atoms with E-state index in [0.717, 1.165) is 18.5 Å². The molecule has 0 saturated carbocycles. The summed E-state index contributed by atoms with van der Waals surface area (Å²) >= 11 is 0. The van der Waals surface area contributed by atoms with Gasteiger partial charge in [-0.25, -0.2) is 4.39 Å². The first kappa shape index (κ1) is 26.0. The molecule has 11 heteroatoms. The van der Waals surface area contributed by atoms with Crippen LogP contribution >= 0.6 is 0 Å². The number of hydrogen-bond acceptors (Lipinski definition) is 3. The fourth-order valence-corrected chi connectivity index (χ4v) is 4.35. The second kappa shape index (κ2) is 9.91. The number of nitrogens with zero attached hydrogens (tertiary/aromatic N) is 1. The lowest BCUT2D eigenvalue weighted by atomic mass is 9.86.